The van der Waals surface area contributed by atoms with Crippen LogP contribution in [0.1, 0.15) is 0 Å². The lowest BCUT2D eigenvalue weighted by Crippen LogP contribution is -2.10. The van der Waals surface area contributed by atoms with E-state index in [2.05, 4.69) is 193 Å². The molecule has 0 aliphatic carbocycles. The smallest absolute Gasteiger partial charge is 0.155 e. The molecule has 2 aromatic heterocycles. The quantitative estimate of drug-likeness (QED) is 0.177. The van der Waals surface area contributed by atoms with Crippen LogP contribution in [-0.4, -0.2) is 4.98 Å². The third-order valence-electron chi connectivity index (χ3n) is 10.1. The molecule has 0 aliphatic rings. The van der Waals surface area contributed by atoms with Crippen LogP contribution in [0.4, 0.5) is 17.1 Å². The first-order chi connectivity index (χ1) is 25.8. The van der Waals surface area contributed by atoms with Crippen LogP contribution in [-0.2, 0) is 0 Å². The lowest BCUT2D eigenvalue weighted by atomic mass is 9.98. The van der Waals surface area contributed by atoms with Crippen LogP contribution in [0, 0.1) is 0 Å². The number of benzene rings is 8. The van der Waals surface area contributed by atoms with E-state index in [0.717, 1.165) is 55.5 Å². The average Bonchev–Trinajstić information content (AvgIpc) is 3.60. The van der Waals surface area contributed by atoms with Crippen molar-refractivity contribution in [3.05, 3.63) is 194 Å². The van der Waals surface area contributed by atoms with E-state index in [4.69, 9.17) is 9.40 Å². The molecule has 0 aliphatic heterocycles. The Morgan fingerprint density at radius 2 is 0.962 bits per heavy atom. The van der Waals surface area contributed by atoms with Crippen LogP contribution in [0.3, 0.4) is 0 Å². The summed E-state index contributed by atoms with van der Waals surface area (Å²) in [5, 5.41) is 5.74. The first-order valence-electron chi connectivity index (χ1n) is 17.6. The molecule has 0 radical (unpaired) electrons. The van der Waals surface area contributed by atoms with E-state index in [1.54, 1.807) is 0 Å². The average molecular weight is 665 g/mol. The molecule has 3 heteroatoms. The molecule has 52 heavy (non-hydrogen) atoms. The maximum atomic E-state index is 6.58. The van der Waals surface area contributed by atoms with Gasteiger partial charge in [0.05, 0.1) is 11.9 Å². The summed E-state index contributed by atoms with van der Waals surface area (Å²) in [6.45, 7) is 0. The normalized spacial score (nSPS) is 11.5. The van der Waals surface area contributed by atoms with E-state index in [1.165, 1.54) is 38.6 Å². The minimum absolute atomic E-state index is 0.760. The van der Waals surface area contributed by atoms with Crippen LogP contribution in [0.15, 0.2) is 199 Å². The largest absolute Gasteiger partial charge is 0.454 e. The second-order valence-electron chi connectivity index (χ2n) is 13.2. The molecule has 3 nitrogen and oxygen atoms in total. The number of nitrogens with zero attached hydrogens (tertiary/aromatic N) is 2. The summed E-state index contributed by atoms with van der Waals surface area (Å²) in [6.07, 6.45) is 1.96. The van der Waals surface area contributed by atoms with Gasteiger partial charge in [-0.3, -0.25) is 0 Å². The zero-order valence-corrected chi connectivity index (χ0v) is 28.3. The number of hydrogen-bond acceptors (Lipinski definition) is 3. The highest BCUT2D eigenvalue weighted by molar-refractivity contribution is 6.14. The molecule has 0 fully saturated rings. The molecule has 10 rings (SSSR count). The molecule has 8 aromatic carbocycles. The molecule has 0 saturated carbocycles. The van der Waals surface area contributed by atoms with E-state index in [9.17, 15) is 0 Å². The van der Waals surface area contributed by atoms with Gasteiger partial charge in [0.1, 0.15) is 11.1 Å². The molecule has 0 atom stereocenters. The Balaban J connectivity index is 1.08. The zero-order valence-electron chi connectivity index (χ0n) is 28.3. The van der Waals surface area contributed by atoms with Crippen LogP contribution >= 0.6 is 0 Å². The van der Waals surface area contributed by atoms with Crippen molar-refractivity contribution in [2.75, 3.05) is 4.90 Å². The highest BCUT2D eigenvalue weighted by Crippen LogP contribution is 2.40. The highest BCUT2D eigenvalue weighted by Gasteiger charge is 2.18. The first kappa shape index (κ1) is 29.9. The molecule has 244 valence electrons. The maximum absolute atomic E-state index is 6.58. The molecule has 0 unspecified atom stereocenters. The number of rotatable bonds is 6. The van der Waals surface area contributed by atoms with E-state index in [0.29, 0.717) is 0 Å². The maximum Gasteiger partial charge on any atom is 0.155 e. The number of aromatic nitrogens is 1. The minimum Gasteiger partial charge on any atom is -0.454 e. The van der Waals surface area contributed by atoms with Crippen LogP contribution < -0.4 is 4.90 Å². The van der Waals surface area contributed by atoms with E-state index in [-0.39, 0.29) is 0 Å². The van der Waals surface area contributed by atoms with Gasteiger partial charge in [-0.25, -0.2) is 4.98 Å². The van der Waals surface area contributed by atoms with Gasteiger partial charge >= 0.3 is 0 Å². The molecule has 0 bridgehead atoms. The fourth-order valence-corrected chi connectivity index (χ4v) is 7.51. The van der Waals surface area contributed by atoms with Gasteiger partial charge in [0.25, 0.3) is 0 Å². The van der Waals surface area contributed by atoms with Gasteiger partial charge < -0.3 is 9.32 Å². The van der Waals surface area contributed by atoms with Crippen molar-refractivity contribution in [3.8, 4) is 33.4 Å². The van der Waals surface area contributed by atoms with Crippen molar-refractivity contribution >= 4 is 60.7 Å². The van der Waals surface area contributed by atoms with Gasteiger partial charge in [-0.2, -0.15) is 0 Å². The molecule has 0 saturated heterocycles. The standard InChI is InChI=1S/C49H32N2O/c1-2-10-33(11-3-1)38-15-8-16-39(30-38)34-20-25-40(26-21-34)51(41-27-22-37(23-28-41)44-19-9-14-35-12-4-6-17-43(35)44)42-31-47-48(50-32-42)46-29-24-36-13-5-7-18-45(36)49(46)52-47/h1-32H. The topological polar surface area (TPSA) is 29.3 Å². The van der Waals surface area contributed by atoms with Crippen LogP contribution in [0.5, 0.6) is 0 Å². The number of hydrogen-bond donors (Lipinski definition) is 0. The van der Waals surface area contributed by atoms with E-state index in [1.807, 2.05) is 6.20 Å². The predicted molar refractivity (Wildman–Crippen MR) is 218 cm³/mol. The van der Waals surface area contributed by atoms with Crippen molar-refractivity contribution < 1.29 is 4.42 Å². The third-order valence-corrected chi connectivity index (χ3v) is 10.1. The highest BCUT2D eigenvalue weighted by atomic mass is 16.3. The minimum atomic E-state index is 0.760. The summed E-state index contributed by atoms with van der Waals surface area (Å²) in [4.78, 5) is 7.27. The van der Waals surface area contributed by atoms with Crippen molar-refractivity contribution in [2.24, 2.45) is 0 Å². The van der Waals surface area contributed by atoms with Gasteiger partial charge in [0.2, 0.25) is 0 Å². The number of pyridine rings is 1. The Hall–Kier alpha value is -6.97. The summed E-state index contributed by atoms with van der Waals surface area (Å²) >= 11 is 0. The van der Waals surface area contributed by atoms with Crippen LogP contribution in [0.2, 0.25) is 0 Å². The number of anilines is 3. The van der Waals surface area contributed by atoms with Crippen molar-refractivity contribution in [1.29, 1.82) is 0 Å². The monoisotopic (exact) mass is 664 g/mol. The summed E-state index contributed by atoms with van der Waals surface area (Å²) in [5.41, 5.74) is 12.6. The predicted octanol–water partition coefficient (Wildman–Crippen LogP) is 13.8. The van der Waals surface area contributed by atoms with Crippen molar-refractivity contribution in [1.82, 2.24) is 4.98 Å². The Morgan fingerprint density at radius 1 is 0.385 bits per heavy atom. The fourth-order valence-electron chi connectivity index (χ4n) is 7.51. The molecule has 0 amide bonds. The van der Waals surface area contributed by atoms with E-state index < -0.39 is 0 Å². The first-order valence-corrected chi connectivity index (χ1v) is 17.6. The molecule has 10 aromatic rings. The Kier molecular flexibility index (Phi) is 7.14. The lowest BCUT2D eigenvalue weighted by Gasteiger charge is -2.25. The Labute approximate surface area is 301 Å². The van der Waals surface area contributed by atoms with E-state index >= 15 is 0 Å². The van der Waals surface area contributed by atoms with Gasteiger partial charge in [0.15, 0.2) is 5.58 Å². The van der Waals surface area contributed by atoms with Gasteiger partial charge in [0, 0.05) is 28.2 Å². The second-order valence-corrected chi connectivity index (χ2v) is 13.2. The summed E-state index contributed by atoms with van der Waals surface area (Å²) in [5.74, 6) is 0. The molecule has 2 heterocycles. The van der Waals surface area contributed by atoms with Gasteiger partial charge in [-0.1, -0.05) is 146 Å². The summed E-state index contributed by atoms with van der Waals surface area (Å²) < 4.78 is 6.58. The molecule has 0 spiro atoms. The van der Waals surface area contributed by atoms with Crippen molar-refractivity contribution in [3.63, 3.8) is 0 Å². The molecular weight excluding hydrogens is 633 g/mol. The van der Waals surface area contributed by atoms with Gasteiger partial charge in [-0.15, -0.1) is 0 Å². The Morgan fingerprint density at radius 3 is 1.71 bits per heavy atom. The second kappa shape index (κ2) is 12.4. The molecular formula is C49H32N2O. The Bertz CT molecular complexity index is 2880. The summed E-state index contributed by atoms with van der Waals surface area (Å²) in [7, 11) is 0. The van der Waals surface area contributed by atoms with Crippen molar-refractivity contribution in [2.45, 2.75) is 0 Å². The molecule has 0 N–H and O–H groups in total. The number of fused-ring (bicyclic) bond motifs is 6. The third kappa shape index (κ3) is 5.19. The van der Waals surface area contributed by atoms with Gasteiger partial charge in [-0.05, 0) is 85.9 Å². The summed E-state index contributed by atoms with van der Waals surface area (Å²) in [6, 6.07) is 66.7. The lowest BCUT2D eigenvalue weighted by molar-refractivity contribution is 0.672. The zero-order chi connectivity index (χ0) is 34.4. The number of furan rings is 1. The fraction of sp³-hybridized carbons (Fsp3) is 0. The van der Waals surface area contributed by atoms with Crippen LogP contribution in [0.25, 0.3) is 77.0 Å². The SMILES string of the molecule is c1ccc(-c2cccc(-c3ccc(N(c4ccc(-c5cccc6ccccc56)cc4)c4cnc5c(c4)oc4c6ccccc6ccc54)cc3)c2)cc1.